The van der Waals surface area contributed by atoms with Crippen molar-refractivity contribution in [3.63, 3.8) is 0 Å². The maximum absolute atomic E-state index is 13.0. The highest BCUT2D eigenvalue weighted by molar-refractivity contribution is 7.99. The molecule has 21 heavy (non-hydrogen) atoms. The zero-order valence-corrected chi connectivity index (χ0v) is 12.3. The van der Waals surface area contributed by atoms with E-state index < -0.39 is 0 Å². The molecule has 0 spiro atoms. The van der Waals surface area contributed by atoms with Gasteiger partial charge < -0.3 is 0 Å². The Morgan fingerprint density at radius 2 is 1.76 bits per heavy atom. The molecule has 1 unspecified atom stereocenters. The van der Waals surface area contributed by atoms with E-state index in [4.69, 9.17) is 0 Å². The van der Waals surface area contributed by atoms with Crippen molar-refractivity contribution in [1.82, 2.24) is 14.8 Å². The minimum absolute atomic E-state index is 0.164. The monoisotopic (exact) mass is 299 g/mol. The molecule has 5 heteroatoms. The van der Waals surface area contributed by atoms with Crippen molar-refractivity contribution in [3.05, 3.63) is 72.3 Å². The summed E-state index contributed by atoms with van der Waals surface area (Å²) in [5, 5.41) is 9.15. The summed E-state index contributed by atoms with van der Waals surface area (Å²) in [4.78, 5) is 0. The van der Waals surface area contributed by atoms with E-state index in [1.165, 1.54) is 12.1 Å². The SMILES string of the molecule is CC(Sc1nncn1-c1ccccc1)c1ccc(F)cc1. The van der Waals surface area contributed by atoms with E-state index in [1.807, 2.05) is 34.9 Å². The average molecular weight is 299 g/mol. The van der Waals surface area contributed by atoms with Crippen molar-refractivity contribution in [2.75, 3.05) is 0 Å². The molecular weight excluding hydrogens is 285 g/mol. The summed E-state index contributed by atoms with van der Waals surface area (Å²) >= 11 is 1.60. The number of aromatic nitrogens is 3. The van der Waals surface area contributed by atoms with Gasteiger partial charge in [0.25, 0.3) is 0 Å². The van der Waals surface area contributed by atoms with Gasteiger partial charge in [-0.3, -0.25) is 4.57 Å². The van der Waals surface area contributed by atoms with Gasteiger partial charge in [-0.1, -0.05) is 42.1 Å². The third-order valence-electron chi connectivity index (χ3n) is 3.17. The molecule has 1 heterocycles. The summed E-state index contributed by atoms with van der Waals surface area (Å²) in [5.74, 6) is -0.219. The van der Waals surface area contributed by atoms with Gasteiger partial charge in [-0.2, -0.15) is 0 Å². The molecule has 3 aromatic rings. The molecule has 0 N–H and O–H groups in total. The summed E-state index contributed by atoms with van der Waals surface area (Å²) < 4.78 is 14.9. The lowest BCUT2D eigenvalue weighted by Crippen LogP contribution is -1.97. The highest BCUT2D eigenvalue weighted by Crippen LogP contribution is 2.34. The molecule has 0 saturated carbocycles. The van der Waals surface area contributed by atoms with Gasteiger partial charge in [0.1, 0.15) is 12.1 Å². The summed E-state index contributed by atoms with van der Waals surface area (Å²) in [6.45, 7) is 2.07. The second kappa shape index (κ2) is 6.10. The molecule has 0 amide bonds. The molecule has 0 radical (unpaired) electrons. The Morgan fingerprint density at radius 1 is 1.05 bits per heavy atom. The van der Waals surface area contributed by atoms with Crippen LogP contribution in [0.4, 0.5) is 4.39 Å². The van der Waals surface area contributed by atoms with E-state index >= 15 is 0 Å². The van der Waals surface area contributed by atoms with Gasteiger partial charge in [0.2, 0.25) is 0 Å². The van der Waals surface area contributed by atoms with Crippen molar-refractivity contribution in [1.29, 1.82) is 0 Å². The van der Waals surface area contributed by atoms with Crippen LogP contribution in [0.5, 0.6) is 0 Å². The minimum Gasteiger partial charge on any atom is -0.277 e. The van der Waals surface area contributed by atoms with Crippen LogP contribution in [0.25, 0.3) is 5.69 Å². The van der Waals surface area contributed by atoms with E-state index in [0.29, 0.717) is 0 Å². The molecule has 3 rings (SSSR count). The van der Waals surface area contributed by atoms with E-state index in [2.05, 4.69) is 17.1 Å². The number of hydrogen-bond donors (Lipinski definition) is 0. The Bertz CT molecular complexity index is 710. The molecular formula is C16H14FN3S. The molecule has 0 aliphatic heterocycles. The number of nitrogens with zero attached hydrogens (tertiary/aromatic N) is 3. The normalized spacial score (nSPS) is 12.3. The van der Waals surface area contributed by atoms with E-state index in [1.54, 1.807) is 30.2 Å². The predicted molar refractivity (Wildman–Crippen MR) is 82.0 cm³/mol. The van der Waals surface area contributed by atoms with Gasteiger partial charge in [-0.25, -0.2) is 4.39 Å². The number of halogens is 1. The molecule has 1 aromatic heterocycles. The lowest BCUT2D eigenvalue weighted by atomic mass is 10.2. The minimum atomic E-state index is -0.219. The number of hydrogen-bond acceptors (Lipinski definition) is 3. The Labute approximate surface area is 126 Å². The van der Waals surface area contributed by atoms with Crippen molar-refractivity contribution in [2.24, 2.45) is 0 Å². The summed E-state index contributed by atoms with van der Waals surface area (Å²) in [5.41, 5.74) is 2.08. The fourth-order valence-electron chi connectivity index (χ4n) is 2.03. The number of benzene rings is 2. The topological polar surface area (TPSA) is 30.7 Å². The Hall–Kier alpha value is -2.14. The van der Waals surface area contributed by atoms with Crippen molar-refractivity contribution in [3.8, 4) is 5.69 Å². The van der Waals surface area contributed by atoms with Gasteiger partial charge >= 0.3 is 0 Å². The first kappa shape index (κ1) is 13.8. The molecule has 1 atom stereocenters. The average Bonchev–Trinajstić information content (AvgIpc) is 2.97. The number of rotatable bonds is 4. The van der Waals surface area contributed by atoms with Crippen LogP contribution in [0.15, 0.2) is 66.1 Å². The highest BCUT2D eigenvalue weighted by atomic mass is 32.2. The first-order valence-corrected chi connectivity index (χ1v) is 7.49. The quantitative estimate of drug-likeness (QED) is 0.674. The molecule has 3 nitrogen and oxygen atoms in total. The Balaban J connectivity index is 1.83. The van der Waals surface area contributed by atoms with Crippen LogP contribution in [0.3, 0.4) is 0 Å². The predicted octanol–water partition coefficient (Wildman–Crippen LogP) is 4.26. The third kappa shape index (κ3) is 3.13. The second-order valence-electron chi connectivity index (χ2n) is 4.63. The van der Waals surface area contributed by atoms with Crippen LogP contribution >= 0.6 is 11.8 Å². The summed E-state index contributed by atoms with van der Waals surface area (Å²) in [6.07, 6.45) is 1.70. The molecule has 0 bridgehead atoms. The molecule has 0 aliphatic carbocycles. The molecule has 106 valence electrons. The van der Waals surface area contributed by atoms with E-state index in [9.17, 15) is 4.39 Å². The van der Waals surface area contributed by atoms with Gasteiger partial charge in [0, 0.05) is 10.9 Å². The molecule has 0 saturated heterocycles. The lowest BCUT2D eigenvalue weighted by Gasteiger charge is -2.12. The van der Waals surface area contributed by atoms with Crippen LogP contribution < -0.4 is 0 Å². The molecule has 0 fully saturated rings. The van der Waals surface area contributed by atoms with Crippen molar-refractivity contribution >= 4 is 11.8 Å². The van der Waals surface area contributed by atoms with Crippen LogP contribution in [-0.2, 0) is 0 Å². The van der Waals surface area contributed by atoms with Crippen molar-refractivity contribution in [2.45, 2.75) is 17.3 Å². The summed E-state index contributed by atoms with van der Waals surface area (Å²) in [7, 11) is 0. The third-order valence-corrected chi connectivity index (χ3v) is 4.29. The Kier molecular flexibility index (Phi) is 4.01. The fraction of sp³-hybridized carbons (Fsp3) is 0.125. The molecule has 2 aromatic carbocycles. The van der Waals surface area contributed by atoms with Gasteiger partial charge in [0.05, 0.1) is 0 Å². The molecule has 0 aliphatic rings. The standard InChI is InChI=1S/C16H14FN3S/c1-12(13-7-9-14(17)10-8-13)21-16-19-18-11-20(16)15-5-3-2-4-6-15/h2-12H,1H3. The largest absolute Gasteiger partial charge is 0.277 e. The number of thioether (sulfide) groups is 1. The number of para-hydroxylation sites is 1. The zero-order valence-electron chi connectivity index (χ0n) is 11.5. The highest BCUT2D eigenvalue weighted by Gasteiger charge is 2.13. The van der Waals surface area contributed by atoms with Gasteiger partial charge in [-0.05, 0) is 36.8 Å². The second-order valence-corrected chi connectivity index (χ2v) is 5.94. The Morgan fingerprint density at radius 3 is 2.48 bits per heavy atom. The maximum atomic E-state index is 13.0. The van der Waals surface area contributed by atoms with E-state index in [0.717, 1.165) is 16.4 Å². The lowest BCUT2D eigenvalue weighted by molar-refractivity contribution is 0.627. The van der Waals surface area contributed by atoms with E-state index in [-0.39, 0.29) is 11.1 Å². The first-order chi connectivity index (χ1) is 10.2. The zero-order chi connectivity index (χ0) is 14.7. The van der Waals surface area contributed by atoms with Crippen LogP contribution in [0.2, 0.25) is 0 Å². The fourth-order valence-corrected chi connectivity index (χ4v) is 3.00. The van der Waals surface area contributed by atoms with Gasteiger partial charge in [-0.15, -0.1) is 10.2 Å². The van der Waals surface area contributed by atoms with Crippen molar-refractivity contribution < 1.29 is 4.39 Å². The summed E-state index contributed by atoms with van der Waals surface area (Å²) in [6, 6.07) is 16.5. The van der Waals surface area contributed by atoms with Crippen LogP contribution in [0.1, 0.15) is 17.7 Å². The van der Waals surface area contributed by atoms with Gasteiger partial charge in [0.15, 0.2) is 5.16 Å². The van der Waals surface area contributed by atoms with Crippen LogP contribution in [0, 0.1) is 5.82 Å². The maximum Gasteiger partial charge on any atom is 0.196 e. The van der Waals surface area contributed by atoms with Crippen LogP contribution in [-0.4, -0.2) is 14.8 Å². The first-order valence-electron chi connectivity index (χ1n) is 6.61. The smallest absolute Gasteiger partial charge is 0.196 e.